The van der Waals surface area contributed by atoms with Crippen LogP contribution in [0.4, 0.5) is 0 Å². The molecule has 22 aromatic rings. The van der Waals surface area contributed by atoms with Crippen LogP contribution in [0.2, 0.25) is 0 Å². The molecule has 0 aliphatic carbocycles. The molecule has 9 heteroatoms. The fourth-order valence-electron chi connectivity index (χ4n) is 16.9. The molecule has 0 atom stereocenters. The first kappa shape index (κ1) is 65.4. The number of fused-ring (bicyclic) bond motifs is 13. The molecule has 6 heterocycles. The molecule has 16 aromatic carbocycles. The van der Waals surface area contributed by atoms with E-state index in [2.05, 4.69) is 354 Å². The SMILES string of the molecule is Cc1cc(C)c2c(c1)c1cc(-c3ccc4c(c3)c3ccccc3n4-c3ccccc3)ccc1n2-c1ccc(-c2nc(-c3ccccc3)nc(-c3ccccc3)n2)cc1.c1ccc(-c2cccc(-c3nc(-n4c5ccccc5c5cc(-c6ccc7c(c6)c6ccccc6n7-c6ccccc6)ccc54)nc4ccccc34)c2)cc1. The Balaban J connectivity index is 0.000000142. The first-order valence-electron chi connectivity index (χ1n) is 38.0. The van der Waals surface area contributed by atoms with Gasteiger partial charge in [0.25, 0.3) is 0 Å². The van der Waals surface area contributed by atoms with Gasteiger partial charge in [0.2, 0.25) is 5.95 Å². The van der Waals surface area contributed by atoms with E-state index in [4.69, 9.17) is 24.9 Å². The van der Waals surface area contributed by atoms with Crippen LogP contribution in [0.25, 0.3) is 200 Å². The minimum atomic E-state index is 0.641. The molecule has 526 valence electrons. The Bertz CT molecular complexity index is 7370. The zero-order chi connectivity index (χ0) is 74.3. The second kappa shape index (κ2) is 27.1. The van der Waals surface area contributed by atoms with Gasteiger partial charge in [-0.2, -0.15) is 0 Å². The number of aromatic nitrogens is 9. The molecule has 0 spiro atoms. The van der Waals surface area contributed by atoms with Crippen LogP contribution in [0.3, 0.4) is 0 Å². The van der Waals surface area contributed by atoms with Crippen LogP contribution >= 0.6 is 0 Å². The summed E-state index contributed by atoms with van der Waals surface area (Å²) in [6.45, 7) is 4.41. The molecular weight excluding hydrogens is 1360 g/mol. The van der Waals surface area contributed by atoms with Gasteiger partial charge >= 0.3 is 0 Å². The molecule has 6 aromatic heterocycles. The van der Waals surface area contributed by atoms with Gasteiger partial charge in [-0.15, -0.1) is 0 Å². The molecule has 9 nitrogen and oxygen atoms in total. The molecule has 0 bridgehead atoms. The van der Waals surface area contributed by atoms with Gasteiger partial charge in [0.15, 0.2) is 17.5 Å². The highest BCUT2D eigenvalue weighted by Crippen LogP contribution is 2.43. The van der Waals surface area contributed by atoms with Crippen molar-refractivity contribution >= 4 is 98.1 Å². The number of aryl methyl sites for hydroxylation is 2. The monoisotopic (exact) mass is 1430 g/mol. The largest absolute Gasteiger partial charge is 0.309 e. The van der Waals surface area contributed by atoms with Crippen LogP contribution in [0, 0.1) is 13.8 Å². The fraction of sp³-hybridized carbons (Fsp3) is 0.0194. The predicted octanol–water partition coefficient (Wildman–Crippen LogP) is 26.2. The van der Waals surface area contributed by atoms with E-state index >= 15 is 0 Å². The van der Waals surface area contributed by atoms with E-state index in [1.54, 1.807) is 0 Å². The fourth-order valence-corrected chi connectivity index (χ4v) is 16.9. The quantitative estimate of drug-likeness (QED) is 0.129. The maximum atomic E-state index is 5.37. The number of hydrogen-bond acceptors (Lipinski definition) is 5. The molecule has 0 fully saturated rings. The molecule has 0 saturated carbocycles. The number of nitrogens with zero attached hydrogens (tertiary/aromatic N) is 9. The Morgan fingerprint density at radius 1 is 0.196 bits per heavy atom. The second-order valence-corrected chi connectivity index (χ2v) is 28.9. The average Bonchev–Trinajstić information content (AvgIpc) is 1.54. The number of benzene rings is 16. The van der Waals surface area contributed by atoms with E-state index in [1.165, 1.54) is 115 Å². The van der Waals surface area contributed by atoms with Crippen LogP contribution < -0.4 is 0 Å². The van der Waals surface area contributed by atoms with E-state index in [0.717, 1.165) is 72.5 Å². The molecule has 0 saturated heterocycles. The van der Waals surface area contributed by atoms with Gasteiger partial charge in [-0.25, -0.2) is 24.9 Å². The zero-order valence-electron chi connectivity index (χ0n) is 61.4. The lowest BCUT2D eigenvalue weighted by Gasteiger charge is -2.13. The van der Waals surface area contributed by atoms with Crippen LogP contribution in [0.5, 0.6) is 0 Å². The highest BCUT2D eigenvalue weighted by atomic mass is 15.2. The third kappa shape index (κ3) is 11.3. The Morgan fingerprint density at radius 3 is 1.03 bits per heavy atom. The lowest BCUT2D eigenvalue weighted by molar-refractivity contribution is 1.01. The standard InChI is InChI=1S/C53H37N5.C50H32N4/c1-34-30-35(2)50-46(31-34)45-33-40(39-24-28-48-44(32-39)43-20-12-13-21-47(43)57(48)41-18-10-5-11-19-41)25-29-49(45)58(50)42-26-22-38(23-27-42)53-55-51(36-14-6-3-7-15-36)54-52(56-53)37-16-8-4-9-17-37;1-3-14-33(15-4-1)34-16-13-17-37(30-34)49-41-22-7-10-23-44(41)51-50(52-49)54-46-25-12-9-21-40(46)43-32-36(27-29-48(43)54)35-26-28-47-42(31-35)39-20-8-11-24-45(39)53(47)38-18-5-2-6-19-38/h3-33H,1-2H3;1-32H. The number of para-hydroxylation sites is 6. The van der Waals surface area contributed by atoms with E-state index in [9.17, 15) is 0 Å². The lowest BCUT2D eigenvalue weighted by atomic mass is 10.00. The Hall–Kier alpha value is -14.9. The van der Waals surface area contributed by atoms with Gasteiger partial charge in [0.1, 0.15) is 0 Å². The molecular formula is C103H69N9. The molecule has 0 aliphatic heterocycles. The Morgan fingerprint density at radius 2 is 0.536 bits per heavy atom. The summed E-state index contributed by atoms with van der Waals surface area (Å²) < 4.78 is 9.36. The minimum absolute atomic E-state index is 0.641. The summed E-state index contributed by atoms with van der Waals surface area (Å²) in [6, 6.07) is 136. The van der Waals surface area contributed by atoms with Crippen molar-refractivity contribution in [1.29, 1.82) is 0 Å². The van der Waals surface area contributed by atoms with Gasteiger partial charge in [0, 0.05) is 87.8 Å². The van der Waals surface area contributed by atoms with Crippen molar-refractivity contribution in [3.05, 3.63) is 393 Å². The highest BCUT2D eigenvalue weighted by Gasteiger charge is 2.23. The average molecular weight is 1430 g/mol. The van der Waals surface area contributed by atoms with Gasteiger partial charge < -0.3 is 13.7 Å². The molecule has 22 rings (SSSR count). The van der Waals surface area contributed by atoms with Crippen LogP contribution in [0.1, 0.15) is 11.1 Å². The van der Waals surface area contributed by atoms with E-state index in [-0.39, 0.29) is 0 Å². The zero-order valence-corrected chi connectivity index (χ0v) is 61.4. The minimum Gasteiger partial charge on any atom is -0.309 e. The van der Waals surface area contributed by atoms with Crippen molar-refractivity contribution in [2.75, 3.05) is 0 Å². The van der Waals surface area contributed by atoms with E-state index in [0.29, 0.717) is 23.4 Å². The van der Waals surface area contributed by atoms with Crippen molar-refractivity contribution in [1.82, 2.24) is 43.2 Å². The first-order valence-corrected chi connectivity index (χ1v) is 38.0. The molecule has 0 aliphatic rings. The number of hydrogen-bond donors (Lipinski definition) is 0. The molecule has 0 unspecified atom stereocenters. The second-order valence-electron chi connectivity index (χ2n) is 28.9. The maximum absolute atomic E-state index is 5.37. The smallest absolute Gasteiger partial charge is 0.235 e. The van der Waals surface area contributed by atoms with Crippen molar-refractivity contribution in [2.45, 2.75) is 13.8 Å². The summed E-state index contributed by atoms with van der Waals surface area (Å²) in [5.74, 6) is 2.60. The van der Waals surface area contributed by atoms with Crippen molar-refractivity contribution in [3.8, 4) is 102 Å². The third-order valence-corrected chi connectivity index (χ3v) is 22.0. The topological polar surface area (TPSA) is 84.2 Å². The van der Waals surface area contributed by atoms with E-state index in [1.807, 2.05) is 60.7 Å². The highest BCUT2D eigenvalue weighted by molar-refractivity contribution is 6.15. The lowest BCUT2D eigenvalue weighted by Crippen LogP contribution is -2.03. The Kier molecular flexibility index (Phi) is 15.8. The Labute approximate surface area is 646 Å². The molecule has 0 radical (unpaired) electrons. The normalized spacial score (nSPS) is 11.7. The number of rotatable bonds is 11. The van der Waals surface area contributed by atoms with Crippen molar-refractivity contribution in [3.63, 3.8) is 0 Å². The van der Waals surface area contributed by atoms with Gasteiger partial charge in [-0.3, -0.25) is 4.57 Å². The van der Waals surface area contributed by atoms with Crippen molar-refractivity contribution < 1.29 is 0 Å². The van der Waals surface area contributed by atoms with Gasteiger partial charge in [-0.05, 0) is 186 Å². The molecule has 0 amide bonds. The summed E-state index contributed by atoms with van der Waals surface area (Å²) in [4.78, 5) is 25.4. The predicted molar refractivity (Wildman–Crippen MR) is 464 cm³/mol. The molecule has 0 N–H and O–H groups in total. The van der Waals surface area contributed by atoms with E-state index < -0.39 is 0 Å². The van der Waals surface area contributed by atoms with Crippen LogP contribution in [-0.2, 0) is 0 Å². The maximum Gasteiger partial charge on any atom is 0.235 e. The summed E-state index contributed by atoms with van der Waals surface area (Å²) in [5.41, 5.74) is 28.0. The third-order valence-electron chi connectivity index (χ3n) is 22.0. The summed E-state index contributed by atoms with van der Waals surface area (Å²) in [6.07, 6.45) is 0. The van der Waals surface area contributed by atoms with Crippen LogP contribution in [0.15, 0.2) is 382 Å². The molecule has 112 heavy (non-hydrogen) atoms. The van der Waals surface area contributed by atoms with Crippen LogP contribution in [-0.4, -0.2) is 43.2 Å². The van der Waals surface area contributed by atoms with Gasteiger partial charge in [0.05, 0.1) is 55.3 Å². The van der Waals surface area contributed by atoms with Crippen molar-refractivity contribution in [2.24, 2.45) is 0 Å². The summed E-state index contributed by atoms with van der Waals surface area (Å²) in [5, 5.41) is 10.8. The van der Waals surface area contributed by atoms with Gasteiger partial charge in [-0.1, -0.05) is 254 Å². The summed E-state index contributed by atoms with van der Waals surface area (Å²) >= 11 is 0. The first-order chi connectivity index (χ1) is 55.3. The summed E-state index contributed by atoms with van der Waals surface area (Å²) in [7, 11) is 0.